The van der Waals surface area contributed by atoms with E-state index in [1.807, 2.05) is 6.07 Å². The number of carbonyl (C=O) groups excluding carboxylic acids is 3. The van der Waals surface area contributed by atoms with Crippen LogP contribution in [0.25, 0.3) is 0 Å². The predicted octanol–water partition coefficient (Wildman–Crippen LogP) is 2.65. The number of carbonyl (C=O) groups is 3. The summed E-state index contributed by atoms with van der Waals surface area (Å²) in [5.74, 6) is -0.475. The molecule has 0 unspecified atom stereocenters. The lowest BCUT2D eigenvalue weighted by Crippen LogP contribution is -2.44. The molecule has 2 rings (SSSR count). The van der Waals surface area contributed by atoms with E-state index in [1.54, 1.807) is 13.8 Å². The average molecular weight is 352 g/mol. The van der Waals surface area contributed by atoms with Crippen molar-refractivity contribution < 1.29 is 19.1 Å². The SMILES string of the molecule is CC[C@H]1CCc2sc(C(=O)OCC(=O)NC(=O)NC(C)C)cc2C1. The van der Waals surface area contributed by atoms with Crippen LogP contribution in [0, 0.1) is 5.92 Å². The first-order chi connectivity index (χ1) is 11.4. The van der Waals surface area contributed by atoms with Gasteiger partial charge in [0.25, 0.3) is 5.91 Å². The van der Waals surface area contributed by atoms with Crippen molar-refractivity contribution in [1.82, 2.24) is 10.6 Å². The molecule has 0 aromatic carbocycles. The Labute approximate surface area is 146 Å². The zero-order chi connectivity index (χ0) is 17.7. The Hall–Kier alpha value is -1.89. The van der Waals surface area contributed by atoms with Crippen molar-refractivity contribution in [2.45, 2.75) is 52.5 Å². The minimum Gasteiger partial charge on any atom is -0.451 e. The van der Waals surface area contributed by atoms with Crippen molar-refractivity contribution in [3.63, 3.8) is 0 Å². The molecule has 0 bridgehead atoms. The smallest absolute Gasteiger partial charge is 0.348 e. The molecule has 24 heavy (non-hydrogen) atoms. The van der Waals surface area contributed by atoms with Gasteiger partial charge in [0.1, 0.15) is 4.88 Å². The minimum atomic E-state index is -0.645. The van der Waals surface area contributed by atoms with Gasteiger partial charge in [-0.2, -0.15) is 0 Å². The van der Waals surface area contributed by atoms with Crippen LogP contribution in [0.3, 0.4) is 0 Å². The van der Waals surface area contributed by atoms with Gasteiger partial charge in [0, 0.05) is 10.9 Å². The number of imide groups is 1. The van der Waals surface area contributed by atoms with Gasteiger partial charge in [-0.1, -0.05) is 13.3 Å². The Balaban J connectivity index is 1.84. The maximum Gasteiger partial charge on any atom is 0.348 e. The fourth-order valence-electron chi connectivity index (χ4n) is 2.71. The van der Waals surface area contributed by atoms with E-state index in [2.05, 4.69) is 17.6 Å². The summed E-state index contributed by atoms with van der Waals surface area (Å²) >= 11 is 1.44. The first kappa shape index (κ1) is 18.4. The number of hydrogen-bond donors (Lipinski definition) is 2. The van der Waals surface area contributed by atoms with E-state index >= 15 is 0 Å². The Kier molecular flexibility index (Phi) is 6.36. The van der Waals surface area contributed by atoms with Crippen molar-refractivity contribution in [2.75, 3.05) is 6.61 Å². The molecule has 0 fully saturated rings. The molecule has 3 amide bonds. The van der Waals surface area contributed by atoms with Crippen LogP contribution in [0.15, 0.2) is 6.07 Å². The van der Waals surface area contributed by atoms with Crippen LogP contribution in [-0.4, -0.2) is 30.6 Å². The van der Waals surface area contributed by atoms with E-state index < -0.39 is 24.5 Å². The molecule has 0 saturated carbocycles. The van der Waals surface area contributed by atoms with E-state index in [1.165, 1.54) is 21.8 Å². The van der Waals surface area contributed by atoms with Crippen LogP contribution < -0.4 is 10.6 Å². The van der Waals surface area contributed by atoms with Crippen LogP contribution in [0.5, 0.6) is 0 Å². The largest absolute Gasteiger partial charge is 0.451 e. The molecule has 1 aromatic heterocycles. The van der Waals surface area contributed by atoms with Gasteiger partial charge in [0.2, 0.25) is 0 Å². The maximum absolute atomic E-state index is 12.1. The van der Waals surface area contributed by atoms with Crippen molar-refractivity contribution in [3.8, 4) is 0 Å². The lowest BCUT2D eigenvalue weighted by molar-refractivity contribution is -0.123. The highest BCUT2D eigenvalue weighted by Crippen LogP contribution is 2.33. The average Bonchev–Trinajstić information content (AvgIpc) is 2.94. The molecule has 0 radical (unpaired) electrons. The fraction of sp³-hybridized carbons (Fsp3) is 0.588. The number of hydrogen-bond acceptors (Lipinski definition) is 5. The molecular formula is C17H24N2O4S. The Morgan fingerprint density at radius 3 is 2.79 bits per heavy atom. The van der Waals surface area contributed by atoms with E-state index in [9.17, 15) is 14.4 Å². The zero-order valence-corrected chi connectivity index (χ0v) is 15.1. The summed E-state index contributed by atoms with van der Waals surface area (Å²) in [7, 11) is 0. The number of urea groups is 1. The molecule has 7 heteroatoms. The second-order valence-corrected chi connectivity index (χ2v) is 7.47. The van der Waals surface area contributed by atoms with Crippen LogP contribution in [0.2, 0.25) is 0 Å². The first-order valence-corrected chi connectivity index (χ1v) is 9.09. The third-order valence-electron chi connectivity index (χ3n) is 3.97. The van der Waals surface area contributed by atoms with E-state index in [0.717, 1.165) is 25.7 Å². The molecule has 2 N–H and O–H groups in total. The molecule has 0 aliphatic heterocycles. The monoisotopic (exact) mass is 352 g/mol. The summed E-state index contributed by atoms with van der Waals surface area (Å²) in [6.45, 7) is 5.28. The van der Waals surface area contributed by atoms with Crippen molar-refractivity contribution in [1.29, 1.82) is 0 Å². The summed E-state index contributed by atoms with van der Waals surface area (Å²) in [5.41, 5.74) is 1.23. The topological polar surface area (TPSA) is 84.5 Å². The van der Waals surface area contributed by atoms with Crippen LogP contribution in [0.1, 0.15) is 53.7 Å². The summed E-state index contributed by atoms with van der Waals surface area (Å²) in [4.78, 5) is 36.8. The number of rotatable bonds is 5. The number of ether oxygens (including phenoxy) is 1. The van der Waals surface area contributed by atoms with Crippen molar-refractivity contribution in [2.24, 2.45) is 5.92 Å². The molecule has 1 aromatic rings. The Morgan fingerprint density at radius 1 is 1.38 bits per heavy atom. The summed E-state index contributed by atoms with van der Waals surface area (Å²) < 4.78 is 5.01. The van der Waals surface area contributed by atoms with E-state index in [-0.39, 0.29) is 6.04 Å². The van der Waals surface area contributed by atoms with Gasteiger partial charge in [0.15, 0.2) is 6.61 Å². The normalized spacial score (nSPS) is 16.4. The summed E-state index contributed by atoms with van der Waals surface area (Å²) in [6.07, 6.45) is 4.31. The van der Waals surface area contributed by atoms with Crippen LogP contribution in [0.4, 0.5) is 4.79 Å². The van der Waals surface area contributed by atoms with Gasteiger partial charge < -0.3 is 10.1 Å². The number of fused-ring (bicyclic) bond motifs is 1. The minimum absolute atomic E-state index is 0.0789. The van der Waals surface area contributed by atoms with Gasteiger partial charge in [0.05, 0.1) is 0 Å². The quantitative estimate of drug-likeness (QED) is 0.798. The lowest BCUT2D eigenvalue weighted by Gasteiger charge is -2.19. The Morgan fingerprint density at radius 2 is 2.12 bits per heavy atom. The molecule has 1 aliphatic rings. The second kappa shape index (κ2) is 8.28. The van der Waals surface area contributed by atoms with Gasteiger partial charge >= 0.3 is 12.0 Å². The molecule has 1 aliphatic carbocycles. The number of thiophene rings is 1. The highest BCUT2D eigenvalue weighted by Gasteiger charge is 2.23. The van der Waals surface area contributed by atoms with Gasteiger partial charge in [-0.05, 0) is 50.7 Å². The molecule has 1 heterocycles. The predicted molar refractivity (Wildman–Crippen MR) is 92.2 cm³/mol. The second-order valence-electron chi connectivity index (χ2n) is 6.33. The standard InChI is InChI=1S/C17H24N2O4S/c1-4-11-5-6-13-12(7-11)8-14(24-13)16(21)23-9-15(20)19-17(22)18-10(2)3/h8,10-11H,4-7,9H2,1-3H3,(H2,18,19,20,22)/t11-/m0/s1. The molecule has 0 saturated heterocycles. The van der Waals surface area contributed by atoms with E-state index in [4.69, 9.17) is 4.74 Å². The van der Waals surface area contributed by atoms with Crippen molar-refractivity contribution >= 4 is 29.2 Å². The molecule has 6 nitrogen and oxygen atoms in total. The van der Waals surface area contributed by atoms with Crippen LogP contribution >= 0.6 is 11.3 Å². The molecule has 1 atom stereocenters. The molecule has 132 valence electrons. The van der Waals surface area contributed by atoms with Crippen LogP contribution in [-0.2, 0) is 22.4 Å². The number of aryl methyl sites for hydroxylation is 1. The third-order valence-corrected chi connectivity index (χ3v) is 5.19. The van der Waals surface area contributed by atoms with Gasteiger partial charge in [-0.3, -0.25) is 10.1 Å². The Bertz CT molecular complexity index is 624. The summed E-state index contributed by atoms with van der Waals surface area (Å²) in [6, 6.07) is 1.21. The molecular weight excluding hydrogens is 328 g/mol. The maximum atomic E-state index is 12.1. The number of nitrogens with one attached hydrogen (secondary N) is 2. The van der Waals surface area contributed by atoms with Gasteiger partial charge in [-0.25, -0.2) is 9.59 Å². The number of amides is 3. The number of esters is 1. The van der Waals surface area contributed by atoms with Crippen molar-refractivity contribution in [3.05, 3.63) is 21.4 Å². The third kappa shape index (κ3) is 5.06. The van der Waals surface area contributed by atoms with E-state index in [0.29, 0.717) is 10.8 Å². The summed E-state index contributed by atoms with van der Waals surface area (Å²) in [5, 5.41) is 4.64. The lowest BCUT2D eigenvalue weighted by atomic mass is 9.87. The fourth-order valence-corrected chi connectivity index (χ4v) is 3.81. The first-order valence-electron chi connectivity index (χ1n) is 8.28. The van der Waals surface area contributed by atoms with Gasteiger partial charge in [-0.15, -0.1) is 11.3 Å². The zero-order valence-electron chi connectivity index (χ0n) is 14.3. The highest BCUT2D eigenvalue weighted by molar-refractivity contribution is 7.14. The molecule has 0 spiro atoms. The highest BCUT2D eigenvalue weighted by atomic mass is 32.1.